The highest BCUT2D eigenvalue weighted by Gasteiger charge is 2.52. The molecular formula is C40H42B2N4O12. The van der Waals surface area contributed by atoms with Gasteiger partial charge in [-0.2, -0.15) is 0 Å². The van der Waals surface area contributed by atoms with E-state index in [4.69, 9.17) is 18.6 Å². The Kier molecular flexibility index (Phi) is 12.2. The van der Waals surface area contributed by atoms with E-state index >= 15 is 0 Å². The predicted octanol–water partition coefficient (Wildman–Crippen LogP) is 7.95. The predicted molar refractivity (Wildman–Crippen MR) is 222 cm³/mol. The molecule has 2 aliphatic rings. The summed E-state index contributed by atoms with van der Waals surface area (Å²) in [4.78, 5) is 41.5. The van der Waals surface area contributed by atoms with Crippen LogP contribution in [0, 0.1) is 40.5 Å². The van der Waals surface area contributed by atoms with Gasteiger partial charge in [0.25, 0.3) is 22.7 Å². The minimum Gasteiger partial charge on any atom is -0.399 e. The second-order valence-electron chi connectivity index (χ2n) is 15.7. The van der Waals surface area contributed by atoms with Crippen molar-refractivity contribution in [2.45, 2.75) is 77.8 Å². The molecule has 0 spiro atoms. The lowest BCUT2D eigenvalue weighted by Gasteiger charge is -2.32. The van der Waals surface area contributed by atoms with E-state index in [1.54, 1.807) is 24.3 Å². The Morgan fingerprint density at radius 2 is 0.724 bits per heavy atom. The third kappa shape index (κ3) is 9.54. The smallest absolute Gasteiger partial charge is 0.399 e. The zero-order chi connectivity index (χ0) is 42.8. The van der Waals surface area contributed by atoms with Gasteiger partial charge in [0.2, 0.25) is 0 Å². The van der Waals surface area contributed by atoms with E-state index in [0.29, 0.717) is 0 Å². The van der Waals surface area contributed by atoms with Crippen LogP contribution >= 0.6 is 0 Å². The Hall–Kier alpha value is -6.07. The summed E-state index contributed by atoms with van der Waals surface area (Å²) in [6.45, 7) is 15.9. The standard InChI is InChI=1S/2C20H21BN2O6/c2*1-19(2)20(3,4)29-21(28-19)16-10-6-14(7-11-16)5-8-15-9-12-17(22(24)25)13-18(15)23(26)27/h2*5-13H,1-4H3/b2*8-5+. The van der Waals surface area contributed by atoms with E-state index in [1.165, 1.54) is 24.3 Å². The summed E-state index contributed by atoms with van der Waals surface area (Å²) in [5, 5.41) is 44.1. The quantitative estimate of drug-likeness (QED) is 0.0648. The number of non-ortho nitro benzene ring substituents is 2. The van der Waals surface area contributed by atoms with E-state index in [0.717, 1.165) is 34.2 Å². The zero-order valence-corrected chi connectivity index (χ0v) is 33.2. The van der Waals surface area contributed by atoms with Crippen molar-refractivity contribution in [3.05, 3.63) is 148 Å². The number of hydrogen-bond donors (Lipinski definition) is 0. The Morgan fingerprint density at radius 3 is 0.983 bits per heavy atom. The molecule has 6 rings (SSSR count). The van der Waals surface area contributed by atoms with E-state index in [-0.39, 0.29) is 33.9 Å². The van der Waals surface area contributed by atoms with Crippen LogP contribution in [0.25, 0.3) is 24.3 Å². The number of nitro benzene ring substituents is 4. The average molecular weight is 792 g/mol. The molecule has 2 fully saturated rings. The maximum Gasteiger partial charge on any atom is 0.494 e. The monoisotopic (exact) mass is 792 g/mol. The van der Waals surface area contributed by atoms with Crippen molar-refractivity contribution < 1.29 is 38.3 Å². The van der Waals surface area contributed by atoms with Crippen LogP contribution in [0.3, 0.4) is 0 Å². The fourth-order valence-electron chi connectivity index (χ4n) is 5.75. The molecule has 18 heteroatoms. The first-order valence-electron chi connectivity index (χ1n) is 18.1. The van der Waals surface area contributed by atoms with Crippen LogP contribution in [0.15, 0.2) is 84.9 Å². The van der Waals surface area contributed by atoms with Crippen molar-refractivity contribution in [1.29, 1.82) is 0 Å². The summed E-state index contributed by atoms with van der Waals surface area (Å²) in [5.41, 5.74) is 0.994. The lowest BCUT2D eigenvalue weighted by Crippen LogP contribution is -2.41. The van der Waals surface area contributed by atoms with Crippen LogP contribution < -0.4 is 10.9 Å². The maximum atomic E-state index is 11.2. The number of nitro groups is 4. The molecule has 4 aromatic carbocycles. The van der Waals surface area contributed by atoms with Crippen molar-refractivity contribution >= 4 is 72.2 Å². The molecule has 4 aromatic rings. The van der Waals surface area contributed by atoms with Gasteiger partial charge < -0.3 is 18.6 Å². The normalized spacial score (nSPS) is 17.6. The van der Waals surface area contributed by atoms with Gasteiger partial charge >= 0.3 is 14.2 Å². The summed E-state index contributed by atoms with van der Waals surface area (Å²) >= 11 is 0. The van der Waals surface area contributed by atoms with E-state index in [1.807, 2.05) is 104 Å². The lowest BCUT2D eigenvalue weighted by atomic mass is 9.79. The van der Waals surface area contributed by atoms with E-state index in [2.05, 4.69) is 0 Å². The summed E-state index contributed by atoms with van der Waals surface area (Å²) in [6.07, 6.45) is 6.54. The first kappa shape index (κ1) is 43.1. The Labute approximate surface area is 335 Å². The molecule has 0 aliphatic carbocycles. The van der Waals surface area contributed by atoms with Crippen molar-refractivity contribution in [2.75, 3.05) is 0 Å². The highest BCUT2D eigenvalue weighted by Crippen LogP contribution is 2.38. The van der Waals surface area contributed by atoms with Gasteiger partial charge in [-0.05, 0) is 102 Å². The van der Waals surface area contributed by atoms with Gasteiger partial charge in [-0.15, -0.1) is 0 Å². The van der Waals surface area contributed by atoms with Crippen molar-refractivity contribution in [1.82, 2.24) is 0 Å². The molecule has 58 heavy (non-hydrogen) atoms. The molecule has 0 aromatic heterocycles. The minimum atomic E-state index is -0.658. The maximum absolute atomic E-state index is 11.2. The van der Waals surface area contributed by atoms with Crippen molar-refractivity contribution in [3.63, 3.8) is 0 Å². The second-order valence-corrected chi connectivity index (χ2v) is 15.7. The number of rotatable bonds is 10. The van der Waals surface area contributed by atoms with Gasteiger partial charge in [0, 0.05) is 12.1 Å². The van der Waals surface area contributed by atoms with E-state index in [9.17, 15) is 40.5 Å². The molecule has 0 amide bonds. The first-order chi connectivity index (χ1) is 27.0. The molecule has 0 saturated carbocycles. The van der Waals surface area contributed by atoms with Crippen LogP contribution in [-0.2, 0) is 18.6 Å². The molecule has 16 nitrogen and oxygen atoms in total. The highest BCUT2D eigenvalue weighted by molar-refractivity contribution is 6.62. The third-order valence-corrected chi connectivity index (χ3v) is 10.7. The Morgan fingerprint density at radius 1 is 0.431 bits per heavy atom. The largest absolute Gasteiger partial charge is 0.494 e. The molecule has 0 bridgehead atoms. The first-order valence-corrected chi connectivity index (χ1v) is 18.1. The minimum absolute atomic E-state index is 0.288. The van der Waals surface area contributed by atoms with Gasteiger partial charge in [0.15, 0.2) is 0 Å². The fraction of sp³-hybridized carbons (Fsp3) is 0.300. The van der Waals surface area contributed by atoms with Crippen molar-refractivity contribution in [3.8, 4) is 0 Å². The van der Waals surface area contributed by atoms with Crippen molar-refractivity contribution in [2.24, 2.45) is 0 Å². The zero-order valence-electron chi connectivity index (χ0n) is 33.2. The number of benzene rings is 4. The summed E-state index contributed by atoms with van der Waals surface area (Å²) in [7, 11) is -0.928. The average Bonchev–Trinajstić information content (AvgIpc) is 3.52. The molecular weight excluding hydrogens is 750 g/mol. The third-order valence-electron chi connectivity index (χ3n) is 10.7. The fourth-order valence-corrected chi connectivity index (χ4v) is 5.75. The highest BCUT2D eigenvalue weighted by atomic mass is 16.7. The van der Waals surface area contributed by atoms with Crippen LogP contribution in [0.1, 0.15) is 77.6 Å². The van der Waals surface area contributed by atoms with Crippen LogP contribution in [0.5, 0.6) is 0 Å². The SMILES string of the molecule is CC1(C)OB(c2ccc(/C=C/c3ccc([N+](=O)[O-])cc3[N+](=O)[O-])cc2)OC1(C)C.CC1(C)OB(c2ccc(/C=C/c3ccc([N+](=O)[O-])cc3[N+](=O)[O-])cc2)OC1(C)C. The second kappa shape index (κ2) is 16.4. The molecule has 2 saturated heterocycles. The molecule has 0 radical (unpaired) electrons. The summed E-state index contributed by atoms with van der Waals surface area (Å²) in [6, 6.07) is 22.1. The van der Waals surface area contributed by atoms with Gasteiger partial charge in [0.1, 0.15) is 0 Å². The van der Waals surface area contributed by atoms with E-state index < -0.39 is 56.3 Å². The van der Waals surface area contributed by atoms with Gasteiger partial charge in [-0.25, -0.2) is 0 Å². The molecule has 0 unspecified atom stereocenters. The summed E-state index contributed by atoms with van der Waals surface area (Å²) < 4.78 is 24.1. The number of nitrogens with zero attached hydrogens (tertiary/aromatic N) is 4. The Balaban J connectivity index is 0.000000221. The van der Waals surface area contributed by atoms with Gasteiger partial charge in [0.05, 0.1) is 65.4 Å². The van der Waals surface area contributed by atoms with Crippen LogP contribution in [0.4, 0.5) is 22.7 Å². The van der Waals surface area contributed by atoms with Crippen LogP contribution in [0.2, 0.25) is 0 Å². The topological polar surface area (TPSA) is 209 Å². The molecule has 2 aliphatic heterocycles. The van der Waals surface area contributed by atoms with Gasteiger partial charge in [-0.1, -0.05) is 60.7 Å². The summed E-state index contributed by atoms with van der Waals surface area (Å²) in [5.74, 6) is 0. The molecule has 2 heterocycles. The lowest BCUT2D eigenvalue weighted by molar-refractivity contribution is -0.394. The number of hydrogen-bond acceptors (Lipinski definition) is 12. The molecule has 0 N–H and O–H groups in total. The molecule has 300 valence electrons. The molecule has 0 atom stereocenters. The van der Waals surface area contributed by atoms with Gasteiger partial charge in [-0.3, -0.25) is 40.5 Å². The Bertz CT molecular complexity index is 2100. The van der Waals surface area contributed by atoms with Crippen LogP contribution in [-0.4, -0.2) is 56.3 Å².